The molecule has 8 heteroatoms. The molecule has 1 atom stereocenters. The zero-order valence-electron chi connectivity index (χ0n) is 15.2. The van der Waals surface area contributed by atoms with Crippen molar-refractivity contribution in [2.24, 2.45) is 0 Å². The van der Waals surface area contributed by atoms with Crippen molar-refractivity contribution in [1.82, 2.24) is 24.7 Å². The van der Waals surface area contributed by atoms with Gasteiger partial charge in [-0.05, 0) is 50.5 Å². The normalized spacial score (nSPS) is 17.1. The molecule has 4 rings (SSSR count). The van der Waals surface area contributed by atoms with Gasteiger partial charge >= 0.3 is 0 Å². The Hall–Kier alpha value is -3.29. The summed E-state index contributed by atoms with van der Waals surface area (Å²) >= 11 is 0. The standard InChI is InChI=1S/C19H20N6O2/c1-12-9-14-18(26)23-16-7-3-6-15(22-16)17-24-21-11-25(17)13(2)5-4-8-27-19(14)20-10-12/h3,6-7,9-11,13H,4-5,8H2,1-2H3,(H,22,23,26)/t13-/m1/s1. The second kappa shape index (κ2) is 7.14. The van der Waals surface area contributed by atoms with Crippen molar-refractivity contribution in [2.45, 2.75) is 32.7 Å². The first-order valence-electron chi connectivity index (χ1n) is 8.89. The molecule has 3 aromatic rings. The van der Waals surface area contributed by atoms with Crippen LogP contribution in [0.1, 0.15) is 41.7 Å². The predicted octanol–water partition coefficient (Wildman–Crippen LogP) is 3.03. The molecule has 1 amide bonds. The van der Waals surface area contributed by atoms with Gasteiger partial charge in [0, 0.05) is 12.2 Å². The lowest BCUT2D eigenvalue weighted by atomic mass is 10.1. The molecule has 1 aliphatic rings. The van der Waals surface area contributed by atoms with E-state index in [1.165, 1.54) is 0 Å². The number of pyridine rings is 2. The molecule has 2 bridgehead atoms. The zero-order valence-corrected chi connectivity index (χ0v) is 15.2. The Kier molecular flexibility index (Phi) is 4.53. The summed E-state index contributed by atoms with van der Waals surface area (Å²) in [5, 5.41) is 11.1. The van der Waals surface area contributed by atoms with E-state index in [0.29, 0.717) is 35.4 Å². The van der Waals surface area contributed by atoms with Crippen molar-refractivity contribution in [2.75, 3.05) is 11.9 Å². The van der Waals surface area contributed by atoms with Crippen LogP contribution in [0.25, 0.3) is 11.5 Å². The molecule has 3 aromatic heterocycles. The van der Waals surface area contributed by atoms with Crippen LogP contribution < -0.4 is 10.1 Å². The molecule has 8 nitrogen and oxygen atoms in total. The molecule has 1 N–H and O–H groups in total. The number of nitrogens with zero attached hydrogens (tertiary/aromatic N) is 5. The molecule has 0 spiro atoms. The number of nitrogens with one attached hydrogen (secondary N) is 1. The first-order chi connectivity index (χ1) is 13.1. The molecule has 27 heavy (non-hydrogen) atoms. The van der Waals surface area contributed by atoms with E-state index in [1.54, 1.807) is 24.7 Å². The number of aryl methyl sites for hydroxylation is 1. The van der Waals surface area contributed by atoms with Crippen molar-refractivity contribution in [3.8, 4) is 17.4 Å². The molecule has 0 saturated carbocycles. The summed E-state index contributed by atoms with van der Waals surface area (Å²) in [5.74, 6) is 1.14. The summed E-state index contributed by atoms with van der Waals surface area (Å²) in [6.07, 6.45) is 5.08. The molecule has 0 aliphatic carbocycles. The topological polar surface area (TPSA) is 94.8 Å². The SMILES string of the molecule is Cc1cnc2c(c1)C(=O)Nc1cccc(n1)-c1nncn1[C@H](C)CCCO2. The lowest BCUT2D eigenvalue weighted by Gasteiger charge is -2.17. The van der Waals surface area contributed by atoms with Gasteiger partial charge in [-0.15, -0.1) is 10.2 Å². The Balaban J connectivity index is 1.77. The summed E-state index contributed by atoms with van der Waals surface area (Å²) in [6.45, 7) is 4.47. The van der Waals surface area contributed by atoms with Gasteiger partial charge in [0.15, 0.2) is 5.82 Å². The third kappa shape index (κ3) is 3.51. The number of aromatic nitrogens is 5. The second-order valence-electron chi connectivity index (χ2n) is 6.63. The Bertz CT molecular complexity index is 984. The summed E-state index contributed by atoms with van der Waals surface area (Å²) in [5.41, 5.74) is 1.94. The average Bonchev–Trinajstić information content (AvgIpc) is 3.15. The van der Waals surface area contributed by atoms with Crippen LogP contribution in [0.3, 0.4) is 0 Å². The molecule has 138 valence electrons. The molecule has 0 fully saturated rings. The van der Waals surface area contributed by atoms with Gasteiger partial charge in [0.2, 0.25) is 5.88 Å². The predicted molar refractivity (Wildman–Crippen MR) is 99.6 cm³/mol. The van der Waals surface area contributed by atoms with Crippen LogP contribution in [0, 0.1) is 6.92 Å². The Morgan fingerprint density at radius 3 is 3.11 bits per heavy atom. The minimum absolute atomic E-state index is 0.187. The van der Waals surface area contributed by atoms with Gasteiger partial charge in [-0.1, -0.05) is 6.07 Å². The second-order valence-corrected chi connectivity index (χ2v) is 6.63. The summed E-state index contributed by atoms with van der Waals surface area (Å²) in [7, 11) is 0. The zero-order chi connectivity index (χ0) is 18.8. The summed E-state index contributed by atoms with van der Waals surface area (Å²) in [4.78, 5) is 21.6. The van der Waals surface area contributed by atoms with Crippen LogP contribution in [0.15, 0.2) is 36.8 Å². The lowest BCUT2D eigenvalue weighted by molar-refractivity contribution is 0.102. The number of carbonyl (C=O) groups excluding carboxylic acids is 1. The monoisotopic (exact) mass is 364 g/mol. The quantitative estimate of drug-likeness (QED) is 0.659. The van der Waals surface area contributed by atoms with Crippen molar-refractivity contribution in [1.29, 1.82) is 0 Å². The van der Waals surface area contributed by atoms with Crippen LogP contribution in [-0.2, 0) is 0 Å². The van der Waals surface area contributed by atoms with E-state index in [2.05, 4.69) is 32.4 Å². The van der Waals surface area contributed by atoms with E-state index in [1.807, 2.05) is 23.6 Å². The van der Waals surface area contributed by atoms with E-state index < -0.39 is 0 Å². The van der Waals surface area contributed by atoms with Gasteiger partial charge in [-0.3, -0.25) is 4.79 Å². The number of rotatable bonds is 0. The minimum Gasteiger partial charge on any atom is -0.477 e. The van der Waals surface area contributed by atoms with Crippen molar-refractivity contribution >= 4 is 11.7 Å². The van der Waals surface area contributed by atoms with Crippen molar-refractivity contribution < 1.29 is 9.53 Å². The highest BCUT2D eigenvalue weighted by molar-refractivity contribution is 6.05. The lowest BCUT2D eigenvalue weighted by Crippen LogP contribution is -2.17. The molecule has 4 heterocycles. The molecule has 0 unspecified atom stereocenters. The van der Waals surface area contributed by atoms with Crippen LogP contribution in [-0.4, -0.2) is 37.2 Å². The highest BCUT2D eigenvalue weighted by atomic mass is 16.5. The largest absolute Gasteiger partial charge is 0.477 e. The summed E-state index contributed by atoms with van der Waals surface area (Å²) in [6, 6.07) is 7.39. The van der Waals surface area contributed by atoms with Crippen LogP contribution in [0.5, 0.6) is 5.88 Å². The number of anilines is 1. The maximum Gasteiger partial charge on any atom is 0.262 e. The van der Waals surface area contributed by atoms with Crippen LogP contribution in [0.4, 0.5) is 5.82 Å². The fourth-order valence-electron chi connectivity index (χ4n) is 3.08. The minimum atomic E-state index is -0.308. The highest BCUT2D eigenvalue weighted by Crippen LogP contribution is 2.24. The van der Waals surface area contributed by atoms with E-state index in [-0.39, 0.29) is 11.9 Å². The van der Waals surface area contributed by atoms with Gasteiger partial charge in [0.25, 0.3) is 5.91 Å². The third-order valence-corrected chi connectivity index (χ3v) is 4.51. The Morgan fingerprint density at radius 1 is 1.33 bits per heavy atom. The molecule has 0 radical (unpaired) electrons. The van der Waals surface area contributed by atoms with Gasteiger partial charge in [0.1, 0.15) is 23.4 Å². The van der Waals surface area contributed by atoms with Gasteiger partial charge in [-0.25, -0.2) is 9.97 Å². The van der Waals surface area contributed by atoms with Gasteiger partial charge < -0.3 is 14.6 Å². The Morgan fingerprint density at radius 2 is 2.22 bits per heavy atom. The molecular formula is C19H20N6O2. The average molecular weight is 364 g/mol. The third-order valence-electron chi connectivity index (χ3n) is 4.51. The molecular weight excluding hydrogens is 344 g/mol. The number of fused-ring (bicyclic) bond motifs is 5. The van der Waals surface area contributed by atoms with Crippen LogP contribution in [0.2, 0.25) is 0 Å². The number of ether oxygens (including phenoxy) is 1. The first-order valence-corrected chi connectivity index (χ1v) is 8.89. The van der Waals surface area contributed by atoms with Crippen LogP contribution >= 0.6 is 0 Å². The maximum absolute atomic E-state index is 12.8. The van der Waals surface area contributed by atoms with Gasteiger partial charge in [-0.2, -0.15) is 0 Å². The van der Waals surface area contributed by atoms with E-state index in [9.17, 15) is 4.79 Å². The fraction of sp³-hybridized carbons (Fsp3) is 0.316. The van der Waals surface area contributed by atoms with E-state index in [4.69, 9.17) is 4.74 Å². The first kappa shape index (κ1) is 17.1. The molecule has 0 aromatic carbocycles. The van der Waals surface area contributed by atoms with E-state index in [0.717, 1.165) is 18.4 Å². The van der Waals surface area contributed by atoms with Crippen molar-refractivity contribution in [3.63, 3.8) is 0 Å². The molecule has 1 aliphatic heterocycles. The Labute approximate surface area is 156 Å². The highest BCUT2D eigenvalue weighted by Gasteiger charge is 2.19. The fourth-order valence-corrected chi connectivity index (χ4v) is 3.08. The maximum atomic E-state index is 12.8. The number of amides is 1. The van der Waals surface area contributed by atoms with E-state index >= 15 is 0 Å². The smallest absolute Gasteiger partial charge is 0.262 e. The summed E-state index contributed by atoms with van der Waals surface area (Å²) < 4.78 is 7.79. The van der Waals surface area contributed by atoms with Crippen molar-refractivity contribution in [3.05, 3.63) is 47.9 Å². The number of hydrogen-bond donors (Lipinski definition) is 1. The molecule has 0 saturated heterocycles. The number of carbonyl (C=O) groups is 1. The number of hydrogen-bond acceptors (Lipinski definition) is 6. The van der Waals surface area contributed by atoms with Gasteiger partial charge in [0.05, 0.1) is 6.61 Å².